The van der Waals surface area contributed by atoms with E-state index in [-0.39, 0.29) is 35.7 Å². The van der Waals surface area contributed by atoms with E-state index in [0.29, 0.717) is 13.1 Å². The van der Waals surface area contributed by atoms with Crippen LogP contribution in [0.25, 0.3) is 33.6 Å². The maximum Gasteiger partial charge on any atom is 0.407 e. The summed E-state index contributed by atoms with van der Waals surface area (Å²) in [5.41, 5.74) is 5.82. The van der Waals surface area contributed by atoms with Gasteiger partial charge in [-0.3, -0.25) is 14.9 Å². The maximum atomic E-state index is 13.6. The molecule has 288 valence electrons. The van der Waals surface area contributed by atoms with Crippen molar-refractivity contribution in [3.63, 3.8) is 0 Å². The van der Waals surface area contributed by atoms with Crippen LogP contribution in [-0.4, -0.2) is 98.6 Å². The molecule has 2 aliphatic heterocycles. The summed E-state index contributed by atoms with van der Waals surface area (Å²) in [6, 6.07) is 14.9. The second-order valence-corrected chi connectivity index (χ2v) is 14.7. The number of imidazole rings is 2. The second-order valence-electron chi connectivity index (χ2n) is 14.7. The zero-order chi connectivity index (χ0) is 38.5. The summed E-state index contributed by atoms with van der Waals surface area (Å²) in [5.74, 6) is 1.11. The number of hydrogen-bond donors (Lipinski definition) is 5. The molecule has 4 heterocycles. The minimum atomic E-state index is -1.22. The van der Waals surface area contributed by atoms with Crippen LogP contribution in [0.3, 0.4) is 0 Å². The highest BCUT2D eigenvalue weighted by atomic mass is 16.6. The van der Waals surface area contributed by atoms with Crippen LogP contribution in [-0.2, 0) is 19.1 Å². The van der Waals surface area contributed by atoms with E-state index in [1.807, 2.05) is 43.7 Å². The van der Waals surface area contributed by atoms with E-state index in [1.54, 1.807) is 6.20 Å². The fourth-order valence-corrected chi connectivity index (χ4v) is 7.45. The number of aliphatic hydroxyl groups is 1. The highest BCUT2D eigenvalue weighted by Gasteiger charge is 2.39. The van der Waals surface area contributed by atoms with Gasteiger partial charge in [-0.15, -0.1) is 0 Å². The smallest absolute Gasteiger partial charge is 0.407 e. The molecule has 2 aromatic carbocycles. The third-order valence-electron chi connectivity index (χ3n) is 10.5. The molecular weight excluding hydrogens is 688 g/mol. The van der Waals surface area contributed by atoms with E-state index >= 15 is 0 Å². The molecule has 0 radical (unpaired) electrons. The highest BCUT2D eigenvalue weighted by molar-refractivity contribution is 5.86. The van der Waals surface area contributed by atoms with Gasteiger partial charge < -0.3 is 39.7 Å². The Hall–Kier alpha value is -5.05. The Morgan fingerprint density at radius 3 is 1.56 bits per heavy atom. The molecule has 14 nitrogen and oxygen atoms in total. The molecule has 5 atom stereocenters. The van der Waals surface area contributed by atoms with Crippen molar-refractivity contribution in [2.75, 3.05) is 27.3 Å². The molecule has 2 aromatic heterocycles. The number of rotatable bonds is 13. The number of benzene rings is 2. The summed E-state index contributed by atoms with van der Waals surface area (Å²) >= 11 is 0. The summed E-state index contributed by atoms with van der Waals surface area (Å²) in [4.78, 5) is 58.9. The monoisotopic (exact) mass is 740 g/mol. The standard InChI is InChI=1S/C40H52N8O6/c1-23(2)33(45-39(51)53-5)37(49)47-19-7-9-31(47)35-41-21-29(43-35)27-15-11-25(12-16-27)26-13-17-28(18-14-26)30-22-42-36(44-30)32-10-8-20-48(32)38(50)34(24(3)4)46-40(52)54-6/h11-18,21-24,31-34,39,45,51H,7-10,19-20H2,1-6H3,(H,41,43)(H,42,44)(H,46,52)/t31-,32-,33+,34+,39?/m1/s1. The number of amides is 3. The molecule has 0 bridgehead atoms. The molecule has 6 rings (SSSR count). The molecule has 1 unspecified atom stereocenters. The fraction of sp³-hybridized carbons (Fsp3) is 0.475. The van der Waals surface area contributed by atoms with Crippen molar-refractivity contribution in [1.82, 2.24) is 40.4 Å². The number of nitrogens with one attached hydrogen (secondary N) is 4. The quantitative estimate of drug-likeness (QED) is 0.113. The molecule has 54 heavy (non-hydrogen) atoms. The molecule has 4 aromatic rings. The van der Waals surface area contributed by atoms with Crippen LogP contribution >= 0.6 is 0 Å². The number of H-pyrrole nitrogens is 2. The number of ether oxygens (including phenoxy) is 2. The lowest BCUT2D eigenvalue weighted by molar-refractivity contribution is -0.145. The predicted octanol–water partition coefficient (Wildman–Crippen LogP) is 5.38. The van der Waals surface area contributed by atoms with Crippen LogP contribution in [0.15, 0.2) is 60.9 Å². The Morgan fingerprint density at radius 1 is 0.722 bits per heavy atom. The summed E-state index contributed by atoms with van der Waals surface area (Å²) in [6.45, 7) is 8.90. The summed E-state index contributed by atoms with van der Waals surface area (Å²) in [5, 5.41) is 15.6. The number of aliphatic hydroxyl groups excluding tert-OH is 1. The van der Waals surface area contributed by atoms with E-state index in [9.17, 15) is 19.5 Å². The van der Waals surface area contributed by atoms with Crippen molar-refractivity contribution in [1.29, 1.82) is 0 Å². The van der Waals surface area contributed by atoms with Gasteiger partial charge in [0.2, 0.25) is 18.2 Å². The van der Waals surface area contributed by atoms with Gasteiger partial charge in [-0.05, 0) is 59.8 Å². The van der Waals surface area contributed by atoms with Crippen molar-refractivity contribution in [3.05, 3.63) is 72.6 Å². The largest absolute Gasteiger partial charge is 0.453 e. The predicted molar refractivity (Wildman–Crippen MR) is 203 cm³/mol. The normalized spacial score (nSPS) is 19.0. The van der Waals surface area contributed by atoms with Gasteiger partial charge in [0.25, 0.3) is 0 Å². The van der Waals surface area contributed by atoms with Gasteiger partial charge in [0.05, 0.1) is 49.0 Å². The highest BCUT2D eigenvalue weighted by Crippen LogP contribution is 2.35. The van der Waals surface area contributed by atoms with Gasteiger partial charge in [-0.25, -0.2) is 14.8 Å². The lowest BCUT2D eigenvalue weighted by Gasteiger charge is -2.31. The van der Waals surface area contributed by atoms with Crippen LogP contribution < -0.4 is 10.6 Å². The van der Waals surface area contributed by atoms with E-state index in [4.69, 9.17) is 9.47 Å². The molecule has 2 aliphatic rings. The Balaban J connectivity index is 1.10. The average molecular weight is 741 g/mol. The SMILES string of the molecule is COC(=O)N[C@H](C(=O)N1CCC[C@@H]1c1ncc(-c2ccc(-c3ccc(-c4cnc([C@H]5CCCN5C(=O)[C@@H](NC(O)OC)C(C)C)[nH]4)cc3)cc2)[nH]1)C(C)C. The number of carbonyl (C=O) groups excluding carboxylic acids is 3. The van der Waals surface area contributed by atoms with Gasteiger partial charge >= 0.3 is 6.09 Å². The number of nitrogens with zero attached hydrogens (tertiary/aromatic N) is 4. The Bertz CT molecular complexity index is 1890. The van der Waals surface area contributed by atoms with Crippen LogP contribution in [0.5, 0.6) is 0 Å². The van der Waals surface area contributed by atoms with E-state index in [2.05, 4.69) is 79.1 Å². The zero-order valence-corrected chi connectivity index (χ0v) is 31.8. The second kappa shape index (κ2) is 17.0. The number of aromatic amines is 2. The van der Waals surface area contributed by atoms with Gasteiger partial charge in [0.15, 0.2) is 0 Å². The Morgan fingerprint density at radius 2 is 1.15 bits per heavy atom. The third kappa shape index (κ3) is 8.35. The topological polar surface area (TPSA) is 178 Å². The maximum absolute atomic E-state index is 13.6. The minimum Gasteiger partial charge on any atom is -0.453 e. The lowest BCUT2D eigenvalue weighted by atomic mass is 10.0. The first-order valence-electron chi connectivity index (χ1n) is 18.7. The van der Waals surface area contributed by atoms with Crippen LogP contribution in [0.4, 0.5) is 4.79 Å². The minimum absolute atomic E-state index is 0.0433. The van der Waals surface area contributed by atoms with Crippen molar-refractivity contribution in [2.24, 2.45) is 11.8 Å². The lowest BCUT2D eigenvalue weighted by Crippen LogP contribution is -2.52. The van der Waals surface area contributed by atoms with Gasteiger partial charge in [-0.2, -0.15) is 0 Å². The third-order valence-corrected chi connectivity index (χ3v) is 10.5. The molecule has 14 heteroatoms. The molecule has 2 fully saturated rings. The zero-order valence-electron chi connectivity index (χ0n) is 31.8. The summed E-state index contributed by atoms with van der Waals surface area (Å²) < 4.78 is 9.70. The molecule has 0 aliphatic carbocycles. The van der Waals surface area contributed by atoms with Crippen LogP contribution in [0, 0.1) is 11.8 Å². The van der Waals surface area contributed by atoms with E-state index in [1.165, 1.54) is 14.2 Å². The van der Waals surface area contributed by atoms with Crippen molar-refractivity contribution in [3.8, 4) is 33.6 Å². The number of likely N-dealkylation sites (tertiary alicyclic amines) is 2. The number of hydrogen-bond acceptors (Lipinski definition) is 9. The van der Waals surface area contributed by atoms with Crippen molar-refractivity contribution < 1.29 is 29.0 Å². The molecule has 2 saturated heterocycles. The van der Waals surface area contributed by atoms with E-state index in [0.717, 1.165) is 71.0 Å². The number of carbonyl (C=O) groups is 3. The molecule has 5 N–H and O–H groups in total. The fourth-order valence-electron chi connectivity index (χ4n) is 7.45. The van der Waals surface area contributed by atoms with Gasteiger partial charge in [0.1, 0.15) is 17.7 Å². The van der Waals surface area contributed by atoms with Gasteiger partial charge in [0, 0.05) is 20.2 Å². The van der Waals surface area contributed by atoms with Crippen LogP contribution in [0.1, 0.15) is 77.1 Å². The molecule has 0 saturated carbocycles. The summed E-state index contributed by atoms with van der Waals surface area (Å²) in [6.07, 6.45) is 5.08. The molecule has 0 spiro atoms. The first-order chi connectivity index (χ1) is 26.0. The number of aromatic nitrogens is 4. The number of alkyl carbamates (subject to hydrolysis) is 1. The molecule has 3 amide bonds. The van der Waals surface area contributed by atoms with Crippen molar-refractivity contribution in [2.45, 2.75) is 84.0 Å². The van der Waals surface area contributed by atoms with Gasteiger partial charge in [-0.1, -0.05) is 76.2 Å². The molecular formula is C40H52N8O6. The van der Waals surface area contributed by atoms with E-state index < -0.39 is 24.6 Å². The Kier molecular flexibility index (Phi) is 12.1. The van der Waals surface area contributed by atoms with Crippen LogP contribution in [0.2, 0.25) is 0 Å². The first-order valence-corrected chi connectivity index (χ1v) is 18.7. The van der Waals surface area contributed by atoms with Crippen molar-refractivity contribution >= 4 is 17.9 Å². The number of methoxy groups -OCH3 is 2. The summed E-state index contributed by atoms with van der Waals surface area (Å²) in [7, 11) is 2.68. The first kappa shape index (κ1) is 38.7. The average Bonchev–Trinajstić information content (AvgIpc) is 4.02. The Labute approximate surface area is 316 Å².